The van der Waals surface area contributed by atoms with E-state index < -0.39 is 0 Å². The van der Waals surface area contributed by atoms with Crippen molar-refractivity contribution in [1.82, 2.24) is 5.01 Å². The Hall–Kier alpha value is -2.73. The lowest BCUT2D eigenvalue weighted by atomic mass is 9.63. The molecule has 2 saturated carbocycles. The Labute approximate surface area is 188 Å². The van der Waals surface area contributed by atoms with E-state index in [0.717, 1.165) is 27.0 Å². The van der Waals surface area contributed by atoms with Gasteiger partial charge in [-0.3, -0.25) is 9.59 Å². The second-order valence-electron chi connectivity index (χ2n) is 8.84. The zero-order valence-electron chi connectivity index (χ0n) is 16.7. The van der Waals surface area contributed by atoms with Crippen LogP contribution in [0.4, 0.5) is 0 Å². The smallest absolute Gasteiger partial charge is 0.254 e. The molecule has 0 unspecified atom stereocenters. The molecule has 2 aromatic rings. The zero-order chi connectivity index (χ0) is 21.1. The summed E-state index contributed by atoms with van der Waals surface area (Å²) in [5.74, 6) is 1.49. The van der Waals surface area contributed by atoms with Gasteiger partial charge in [0, 0.05) is 10.0 Å². The van der Waals surface area contributed by atoms with Crippen LogP contribution in [0.1, 0.15) is 17.5 Å². The molecule has 3 fully saturated rings. The fraction of sp³-hybridized carbons (Fsp3) is 0.320. The molecule has 4 aliphatic carbocycles. The first-order valence-corrected chi connectivity index (χ1v) is 11.5. The third kappa shape index (κ3) is 3.07. The minimum Gasteiger partial charge on any atom is -0.488 e. The number of amides is 2. The van der Waals surface area contributed by atoms with Gasteiger partial charge in [-0.25, -0.2) is 0 Å². The number of rotatable bonds is 5. The first-order chi connectivity index (χ1) is 15.1. The predicted octanol–water partition coefficient (Wildman–Crippen LogP) is 4.42. The third-order valence-electron chi connectivity index (χ3n) is 7.18. The van der Waals surface area contributed by atoms with Gasteiger partial charge in [-0.05, 0) is 59.9 Å². The maximum atomic E-state index is 13.1. The van der Waals surface area contributed by atoms with Crippen molar-refractivity contribution in [2.24, 2.45) is 40.6 Å². The molecule has 1 saturated heterocycles. The van der Waals surface area contributed by atoms with E-state index in [1.54, 1.807) is 6.21 Å². The average Bonchev–Trinajstić information content (AvgIpc) is 3.57. The zero-order valence-corrected chi connectivity index (χ0v) is 18.3. The number of ether oxygens (including phenoxy) is 1. The van der Waals surface area contributed by atoms with Crippen molar-refractivity contribution in [3.05, 3.63) is 76.3 Å². The Balaban J connectivity index is 1.21. The molecule has 2 aromatic carbocycles. The van der Waals surface area contributed by atoms with Crippen LogP contribution in [-0.4, -0.2) is 23.0 Å². The molecule has 5 aliphatic rings. The molecule has 156 valence electrons. The number of hydrogen-bond acceptors (Lipinski definition) is 4. The Morgan fingerprint density at radius 2 is 1.61 bits per heavy atom. The second-order valence-corrected chi connectivity index (χ2v) is 9.76. The summed E-state index contributed by atoms with van der Waals surface area (Å²) in [5.41, 5.74) is 1.78. The Morgan fingerprint density at radius 3 is 2.29 bits per heavy atom. The highest BCUT2D eigenvalue weighted by Gasteiger charge is 2.67. The summed E-state index contributed by atoms with van der Waals surface area (Å²) >= 11 is 3.43. The number of allylic oxidation sites excluding steroid dienone is 2. The number of hydrogen-bond donors (Lipinski definition) is 0. The highest BCUT2D eigenvalue weighted by atomic mass is 79.9. The number of halogens is 1. The first-order valence-electron chi connectivity index (χ1n) is 10.7. The van der Waals surface area contributed by atoms with Gasteiger partial charge in [-0.15, -0.1) is 0 Å². The standard InChI is InChI=1S/C25H21BrN2O3/c26-16-7-5-14(6-8-16)13-31-21-4-2-1-3-15(21)12-27-28-24(29)22-17-9-10-18(20-11-19(17)20)23(22)25(28)30/h1-10,12,17-20,22-23H,11,13H2/b27-12-/t17-,18-,19-,20+,22+,23+/m0/s1. The van der Waals surface area contributed by atoms with Crippen molar-refractivity contribution in [2.45, 2.75) is 13.0 Å². The highest BCUT2D eigenvalue weighted by Crippen LogP contribution is 2.65. The largest absolute Gasteiger partial charge is 0.488 e. The van der Waals surface area contributed by atoms with Crippen molar-refractivity contribution < 1.29 is 14.3 Å². The molecular formula is C25H21BrN2O3. The van der Waals surface area contributed by atoms with E-state index in [1.165, 1.54) is 0 Å². The van der Waals surface area contributed by atoms with Gasteiger partial charge in [0.2, 0.25) is 0 Å². The van der Waals surface area contributed by atoms with Gasteiger partial charge >= 0.3 is 0 Å². The summed E-state index contributed by atoms with van der Waals surface area (Å²) in [6.07, 6.45) is 7.07. The maximum absolute atomic E-state index is 13.1. The summed E-state index contributed by atoms with van der Waals surface area (Å²) in [6.45, 7) is 0.418. The number of benzene rings is 2. The molecule has 1 heterocycles. The lowest BCUT2D eigenvalue weighted by Crippen LogP contribution is -2.40. The molecule has 0 spiro atoms. The minimum absolute atomic E-state index is 0.149. The van der Waals surface area contributed by atoms with Gasteiger partial charge in [0.05, 0.1) is 18.1 Å². The lowest BCUT2D eigenvalue weighted by molar-refractivity contribution is -0.140. The summed E-state index contributed by atoms with van der Waals surface area (Å²) in [7, 11) is 0. The van der Waals surface area contributed by atoms with Gasteiger partial charge in [0.15, 0.2) is 0 Å². The van der Waals surface area contributed by atoms with E-state index >= 15 is 0 Å². The maximum Gasteiger partial charge on any atom is 0.254 e. The van der Waals surface area contributed by atoms with E-state index in [4.69, 9.17) is 4.74 Å². The molecule has 2 amide bonds. The number of hydrazone groups is 1. The van der Waals surface area contributed by atoms with Crippen LogP contribution >= 0.6 is 15.9 Å². The molecule has 6 heteroatoms. The topological polar surface area (TPSA) is 59.0 Å². The SMILES string of the molecule is O=C1[C@@H]2[C@H]3C=C[C@@H]([C@@H]4C[C@H]34)[C@H]2C(=O)N1/N=C\c1ccccc1OCc1ccc(Br)cc1. The predicted molar refractivity (Wildman–Crippen MR) is 119 cm³/mol. The molecule has 5 nitrogen and oxygen atoms in total. The summed E-state index contributed by atoms with van der Waals surface area (Å²) in [4.78, 5) is 26.1. The van der Waals surface area contributed by atoms with E-state index in [0.29, 0.717) is 24.2 Å². The van der Waals surface area contributed by atoms with E-state index in [1.807, 2.05) is 48.5 Å². The molecule has 0 N–H and O–H groups in total. The molecule has 0 aromatic heterocycles. The molecule has 2 bridgehead atoms. The van der Waals surface area contributed by atoms with Crippen molar-refractivity contribution in [1.29, 1.82) is 0 Å². The summed E-state index contributed by atoms with van der Waals surface area (Å²) < 4.78 is 7.00. The van der Waals surface area contributed by atoms with Crippen LogP contribution in [0.2, 0.25) is 0 Å². The van der Waals surface area contributed by atoms with Crippen LogP contribution in [0.15, 0.2) is 70.3 Å². The molecular weight excluding hydrogens is 456 g/mol. The quantitative estimate of drug-likeness (QED) is 0.364. The van der Waals surface area contributed by atoms with Crippen LogP contribution < -0.4 is 4.74 Å². The monoisotopic (exact) mass is 476 g/mol. The van der Waals surface area contributed by atoms with E-state index in [9.17, 15) is 9.59 Å². The number of carbonyl (C=O) groups excluding carboxylic acids is 2. The average molecular weight is 477 g/mol. The fourth-order valence-corrected chi connectivity index (χ4v) is 5.90. The van der Waals surface area contributed by atoms with Crippen LogP contribution in [-0.2, 0) is 16.2 Å². The van der Waals surface area contributed by atoms with Gasteiger partial charge in [0.1, 0.15) is 12.4 Å². The second kappa shape index (κ2) is 7.16. The van der Waals surface area contributed by atoms with Crippen LogP contribution in [0.3, 0.4) is 0 Å². The van der Waals surface area contributed by atoms with E-state index in [-0.39, 0.29) is 35.5 Å². The number of carbonyl (C=O) groups is 2. The lowest BCUT2D eigenvalue weighted by Gasteiger charge is -2.37. The van der Waals surface area contributed by atoms with Gasteiger partial charge in [-0.2, -0.15) is 10.1 Å². The van der Waals surface area contributed by atoms with Crippen molar-refractivity contribution in [3.63, 3.8) is 0 Å². The van der Waals surface area contributed by atoms with Gasteiger partial charge in [-0.1, -0.05) is 52.3 Å². The van der Waals surface area contributed by atoms with Gasteiger partial charge in [0.25, 0.3) is 11.8 Å². The number of nitrogens with zero attached hydrogens (tertiary/aromatic N) is 2. The van der Waals surface area contributed by atoms with Crippen LogP contribution in [0.5, 0.6) is 5.75 Å². The van der Waals surface area contributed by atoms with Crippen LogP contribution in [0.25, 0.3) is 0 Å². The first kappa shape index (κ1) is 19.0. The van der Waals surface area contributed by atoms with Gasteiger partial charge < -0.3 is 4.74 Å². The molecule has 1 aliphatic heterocycles. The molecule has 7 rings (SSSR count). The summed E-state index contributed by atoms with van der Waals surface area (Å²) in [6, 6.07) is 15.5. The van der Waals surface area contributed by atoms with Crippen molar-refractivity contribution in [2.75, 3.05) is 0 Å². The normalized spacial score (nSPS) is 32.5. The molecule has 6 atom stereocenters. The Bertz CT molecular complexity index is 1090. The molecule has 0 radical (unpaired) electrons. The minimum atomic E-state index is -0.229. The van der Waals surface area contributed by atoms with Crippen LogP contribution in [0, 0.1) is 35.5 Å². The molecule has 31 heavy (non-hydrogen) atoms. The highest BCUT2D eigenvalue weighted by molar-refractivity contribution is 9.10. The fourth-order valence-electron chi connectivity index (χ4n) is 5.64. The Kier molecular flexibility index (Phi) is 4.39. The van der Waals surface area contributed by atoms with Crippen molar-refractivity contribution >= 4 is 34.0 Å². The summed E-state index contributed by atoms with van der Waals surface area (Å²) in [5, 5.41) is 5.45. The van der Waals surface area contributed by atoms with E-state index in [2.05, 4.69) is 33.2 Å². The number of imide groups is 1. The van der Waals surface area contributed by atoms with Crippen molar-refractivity contribution in [3.8, 4) is 5.75 Å². The third-order valence-corrected chi connectivity index (χ3v) is 7.71. The number of para-hydroxylation sites is 1. The Morgan fingerprint density at radius 1 is 0.968 bits per heavy atom.